The van der Waals surface area contributed by atoms with Crippen LogP contribution in [0, 0.1) is 0 Å². The van der Waals surface area contributed by atoms with E-state index in [1.165, 1.54) is 46.2 Å². The van der Waals surface area contributed by atoms with Crippen molar-refractivity contribution in [2.45, 2.75) is 57.1 Å². The minimum Gasteiger partial charge on any atom is -0.465 e. The third-order valence-electron chi connectivity index (χ3n) is 6.40. The molecule has 0 fully saturated rings. The second kappa shape index (κ2) is 11.1. The van der Waals surface area contributed by atoms with Gasteiger partial charge in [-0.25, -0.2) is 4.79 Å². The maximum atomic E-state index is 13.0. The van der Waals surface area contributed by atoms with Crippen molar-refractivity contribution in [2.75, 3.05) is 18.2 Å². The number of amides is 1. The average Bonchev–Trinajstić information content (AvgIpc) is 3.57. The van der Waals surface area contributed by atoms with Crippen molar-refractivity contribution < 1.29 is 14.3 Å². The molecule has 0 saturated heterocycles. The Morgan fingerprint density at radius 1 is 1.14 bits per heavy atom. The first-order valence-corrected chi connectivity index (χ1v) is 14.8. The Morgan fingerprint density at radius 3 is 2.75 bits per heavy atom. The number of hydrogen-bond donors (Lipinski definition) is 1. The molecule has 0 radical (unpaired) electrons. The Hall–Kier alpha value is -2.69. The Morgan fingerprint density at radius 2 is 1.94 bits per heavy atom. The molecular formula is C26H28N4O3S3. The third-order valence-corrected chi connectivity index (χ3v) is 9.54. The van der Waals surface area contributed by atoms with Crippen LogP contribution in [-0.4, -0.2) is 39.5 Å². The predicted octanol–water partition coefficient (Wildman–Crippen LogP) is 6.42. The van der Waals surface area contributed by atoms with Crippen LogP contribution in [-0.2, 0) is 28.9 Å². The van der Waals surface area contributed by atoms with E-state index in [4.69, 9.17) is 4.74 Å². The number of anilines is 1. The summed E-state index contributed by atoms with van der Waals surface area (Å²) in [6.07, 6.45) is 6.30. The predicted molar refractivity (Wildman–Crippen MR) is 147 cm³/mol. The van der Waals surface area contributed by atoms with E-state index in [1.54, 1.807) is 11.3 Å². The van der Waals surface area contributed by atoms with Gasteiger partial charge in [0, 0.05) is 32.5 Å². The van der Waals surface area contributed by atoms with E-state index in [-0.39, 0.29) is 17.6 Å². The number of ether oxygens (including phenoxy) is 1. The highest BCUT2D eigenvalue weighted by molar-refractivity contribution is 7.99. The van der Waals surface area contributed by atoms with Crippen LogP contribution in [0.25, 0.3) is 21.5 Å². The van der Waals surface area contributed by atoms with Crippen molar-refractivity contribution >= 4 is 61.4 Å². The molecule has 10 heteroatoms. The summed E-state index contributed by atoms with van der Waals surface area (Å²) in [6, 6.07) is 8.26. The number of aryl methyl sites for hydroxylation is 1. The van der Waals surface area contributed by atoms with Crippen LogP contribution < -0.4 is 5.32 Å². The van der Waals surface area contributed by atoms with Crippen LogP contribution in [0.3, 0.4) is 0 Å². The van der Waals surface area contributed by atoms with E-state index in [2.05, 4.69) is 40.0 Å². The monoisotopic (exact) mass is 540 g/mol. The lowest BCUT2D eigenvalue weighted by atomic mass is 9.96. The number of thioether (sulfide) groups is 1. The van der Waals surface area contributed by atoms with E-state index in [0.717, 1.165) is 54.4 Å². The number of thiophene rings is 2. The number of benzene rings is 1. The second-order valence-corrected chi connectivity index (χ2v) is 11.6. The topological polar surface area (TPSA) is 86.1 Å². The molecule has 3 heterocycles. The highest BCUT2D eigenvalue weighted by Gasteiger charge is 2.26. The lowest BCUT2D eigenvalue weighted by Gasteiger charge is -2.11. The van der Waals surface area contributed by atoms with E-state index < -0.39 is 0 Å². The van der Waals surface area contributed by atoms with Gasteiger partial charge in [0.25, 0.3) is 0 Å². The maximum absolute atomic E-state index is 13.0. The summed E-state index contributed by atoms with van der Waals surface area (Å²) in [4.78, 5) is 26.8. The molecule has 1 aromatic carbocycles. The number of hydrogen-bond acceptors (Lipinski definition) is 8. The third kappa shape index (κ3) is 4.94. The van der Waals surface area contributed by atoms with Crippen LogP contribution in [0.5, 0.6) is 0 Å². The van der Waals surface area contributed by atoms with Gasteiger partial charge < -0.3 is 14.6 Å². The minimum atomic E-state index is -0.380. The lowest BCUT2D eigenvalue weighted by molar-refractivity contribution is -0.113. The molecule has 0 unspecified atom stereocenters. The molecule has 7 nitrogen and oxygen atoms in total. The zero-order valence-corrected chi connectivity index (χ0v) is 22.8. The van der Waals surface area contributed by atoms with Crippen molar-refractivity contribution in [1.29, 1.82) is 0 Å². The zero-order chi connectivity index (χ0) is 25.1. The molecule has 188 valence electrons. The first-order valence-electron chi connectivity index (χ1n) is 12.2. The van der Waals surface area contributed by atoms with Gasteiger partial charge >= 0.3 is 5.97 Å². The molecule has 0 spiro atoms. The molecule has 5 rings (SSSR count). The maximum Gasteiger partial charge on any atom is 0.341 e. The van der Waals surface area contributed by atoms with Crippen LogP contribution in [0.15, 0.2) is 34.8 Å². The van der Waals surface area contributed by atoms with Crippen LogP contribution in [0.1, 0.15) is 53.4 Å². The van der Waals surface area contributed by atoms with Gasteiger partial charge in [0.2, 0.25) is 5.91 Å². The van der Waals surface area contributed by atoms with Crippen molar-refractivity contribution in [3.05, 3.63) is 45.6 Å². The van der Waals surface area contributed by atoms with Crippen molar-refractivity contribution in [3.8, 4) is 11.4 Å². The molecule has 1 amide bonds. The molecule has 3 aromatic heterocycles. The molecule has 0 bridgehead atoms. The Bertz CT molecular complexity index is 1400. The van der Waals surface area contributed by atoms with Gasteiger partial charge in [0.15, 0.2) is 11.0 Å². The summed E-state index contributed by atoms with van der Waals surface area (Å²) in [7, 11) is 1.39. The summed E-state index contributed by atoms with van der Waals surface area (Å²) in [5, 5.41) is 16.4. The lowest BCUT2D eigenvalue weighted by Crippen LogP contribution is -2.17. The van der Waals surface area contributed by atoms with Gasteiger partial charge in [0.1, 0.15) is 5.00 Å². The molecule has 4 aromatic rings. The number of rotatable bonds is 7. The first-order chi connectivity index (χ1) is 17.6. The van der Waals surface area contributed by atoms with E-state index in [9.17, 15) is 9.59 Å². The molecule has 0 aliphatic heterocycles. The number of esters is 1. The SMILES string of the molecule is CCn1c(SCC(=O)Nc2sc3c(c2C(=O)OC)CCCCCC3)nnc1-c1csc2ccccc12. The average molecular weight is 541 g/mol. The number of fused-ring (bicyclic) bond motifs is 2. The summed E-state index contributed by atoms with van der Waals surface area (Å²) in [6.45, 7) is 2.75. The van der Waals surface area contributed by atoms with Crippen molar-refractivity contribution in [1.82, 2.24) is 14.8 Å². The largest absolute Gasteiger partial charge is 0.465 e. The molecule has 36 heavy (non-hydrogen) atoms. The van der Waals surface area contributed by atoms with E-state index in [1.807, 2.05) is 16.7 Å². The fraction of sp³-hybridized carbons (Fsp3) is 0.385. The Labute approximate surface area is 222 Å². The number of carbonyl (C=O) groups excluding carboxylic acids is 2. The van der Waals surface area contributed by atoms with E-state index in [0.29, 0.717) is 22.3 Å². The van der Waals surface area contributed by atoms with Gasteiger partial charge in [-0.3, -0.25) is 4.79 Å². The summed E-state index contributed by atoms with van der Waals surface area (Å²) in [5.74, 6) is 0.428. The smallest absolute Gasteiger partial charge is 0.341 e. The quantitative estimate of drug-likeness (QED) is 0.215. The van der Waals surface area contributed by atoms with Gasteiger partial charge in [0.05, 0.1) is 18.4 Å². The number of methoxy groups -OCH3 is 1. The van der Waals surface area contributed by atoms with Gasteiger partial charge in [-0.15, -0.1) is 32.9 Å². The van der Waals surface area contributed by atoms with Crippen LogP contribution in [0.4, 0.5) is 5.00 Å². The Balaban J connectivity index is 1.33. The molecule has 1 aliphatic rings. The second-order valence-electron chi connectivity index (χ2n) is 8.65. The van der Waals surface area contributed by atoms with Gasteiger partial charge in [-0.05, 0) is 44.2 Å². The normalized spacial score (nSPS) is 13.7. The number of nitrogens with one attached hydrogen (secondary N) is 1. The fourth-order valence-electron chi connectivity index (χ4n) is 4.65. The van der Waals surface area contributed by atoms with Gasteiger partial charge in [-0.2, -0.15) is 0 Å². The van der Waals surface area contributed by atoms with Crippen molar-refractivity contribution in [2.24, 2.45) is 0 Å². The zero-order valence-electron chi connectivity index (χ0n) is 20.3. The number of aromatic nitrogens is 3. The summed E-state index contributed by atoms with van der Waals surface area (Å²) in [5.41, 5.74) is 2.63. The highest BCUT2D eigenvalue weighted by atomic mass is 32.2. The number of nitrogens with zero attached hydrogens (tertiary/aromatic N) is 3. The summed E-state index contributed by atoms with van der Waals surface area (Å²) >= 11 is 4.56. The Kier molecular flexibility index (Phi) is 7.73. The minimum absolute atomic E-state index is 0.172. The molecule has 1 N–H and O–H groups in total. The molecular weight excluding hydrogens is 513 g/mol. The fourth-order valence-corrected chi connectivity index (χ4v) is 7.68. The van der Waals surface area contributed by atoms with E-state index >= 15 is 0 Å². The van der Waals surface area contributed by atoms with Crippen molar-refractivity contribution in [3.63, 3.8) is 0 Å². The van der Waals surface area contributed by atoms with Crippen LogP contribution in [0.2, 0.25) is 0 Å². The molecule has 0 atom stereocenters. The highest BCUT2D eigenvalue weighted by Crippen LogP contribution is 2.38. The number of carbonyl (C=O) groups is 2. The molecule has 0 saturated carbocycles. The molecule has 1 aliphatic carbocycles. The first kappa shape index (κ1) is 25.0. The summed E-state index contributed by atoms with van der Waals surface area (Å²) < 4.78 is 8.33. The van der Waals surface area contributed by atoms with Gasteiger partial charge in [-0.1, -0.05) is 42.8 Å². The van der Waals surface area contributed by atoms with Crippen LogP contribution >= 0.6 is 34.4 Å². The standard InChI is InChI=1S/C26H28N4O3S3/c1-3-30-23(18-14-34-19-12-9-8-10-16(18)19)28-29-26(30)35-15-21(31)27-24-22(25(32)33-2)17-11-6-4-5-7-13-20(17)36-24/h8-10,12,14H,3-7,11,13,15H2,1-2H3,(H,27,31).